The molecule has 0 aliphatic carbocycles. The number of rotatable bonds is 4. The highest BCUT2D eigenvalue weighted by molar-refractivity contribution is 7.99. The fraction of sp³-hybridized carbons (Fsp3) is 0.333. The van der Waals surface area contributed by atoms with Gasteiger partial charge in [-0.2, -0.15) is 0 Å². The van der Waals surface area contributed by atoms with Gasteiger partial charge in [0.25, 0.3) is 0 Å². The van der Waals surface area contributed by atoms with Gasteiger partial charge in [0.2, 0.25) is 6.04 Å². The highest BCUT2D eigenvalue weighted by Gasteiger charge is 2.12. The van der Waals surface area contributed by atoms with E-state index in [9.17, 15) is 10.1 Å². The molecule has 1 aromatic carbocycles. The first-order valence-electron chi connectivity index (χ1n) is 4.11. The van der Waals surface area contributed by atoms with Gasteiger partial charge in [-0.25, -0.2) is 0 Å². The molecule has 1 atom stereocenters. The standard InChI is InChI=1S/C9H10ClNO2S/c1-7(11(12)13)6-14-9-4-2-3-8(10)5-9/h2-5,7H,6H2,1H3. The molecule has 0 saturated heterocycles. The molecule has 0 N–H and O–H groups in total. The van der Waals surface area contributed by atoms with Crippen molar-refractivity contribution in [1.82, 2.24) is 0 Å². The van der Waals surface area contributed by atoms with E-state index < -0.39 is 6.04 Å². The molecular formula is C9H10ClNO2S. The van der Waals surface area contributed by atoms with Crippen LogP contribution in [0.1, 0.15) is 6.92 Å². The Bertz CT molecular complexity index is 332. The summed E-state index contributed by atoms with van der Waals surface area (Å²) in [7, 11) is 0. The number of nitro groups is 1. The predicted octanol–water partition coefficient (Wildman–Crippen LogP) is 3.10. The quantitative estimate of drug-likeness (QED) is 0.454. The van der Waals surface area contributed by atoms with Crippen LogP contribution in [-0.2, 0) is 0 Å². The summed E-state index contributed by atoms with van der Waals surface area (Å²) in [6, 6.07) is 6.78. The minimum atomic E-state index is -0.529. The SMILES string of the molecule is CC(CSc1cccc(Cl)c1)[N+](=O)[O-]. The van der Waals surface area contributed by atoms with E-state index in [0.717, 1.165) is 4.90 Å². The van der Waals surface area contributed by atoms with E-state index in [-0.39, 0.29) is 4.92 Å². The molecule has 0 spiro atoms. The van der Waals surface area contributed by atoms with Crippen molar-refractivity contribution in [3.63, 3.8) is 0 Å². The van der Waals surface area contributed by atoms with Crippen LogP contribution in [0, 0.1) is 10.1 Å². The molecule has 0 bridgehead atoms. The molecule has 0 amide bonds. The second kappa shape index (κ2) is 5.22. The minimum Gasteiger partial charge on any atom is -0.264 e. The van der Waals surface area contributed by atoms with Gasteiger partial charge >= 0.3 is 0 Å². The van der Waals surface area contributed by atoms with Crippen molar-refractivity contribution >= 4 is 23.4 Å². The molecule has 1 aromatic rings. The van der Waals surface area contributed by atoms with Crippen molar-refractivity contribution in [2.24, 2.45) is 0 Å². The lowest BCUT2D eigenvalue weighted by atomic mass is 10.4. The lowest BCUT2D eigenvalue weighted by Gasteiger charge is -2.03. The zero-order chi connectivity index (χ0) is 10.6. The number of nitrogens with zero attached hydrogens (tertiary/aromatic N) is 1. The third-order valence-electron chi connectivity index (χ3n) is 1.65. The Balaban J connectivity index is 2.49. The van der Waals surface area contributed by atoms with Gasteiger partial charge in [-0.1, -0.05) is 17.7 Å². The molecule has 0 aliphatic heterocycles. The number of benzene rings is 1. The smallest absolute Gasteiger partial charge is 0.219 e. The minimum absolute atomic E-state index is 0.280. The van der Waals surface area contributed by atoms with Gasteiger partial charge in [-0.05, 0) is 18.2 Å². The molecule has 14 heavy (non-hydrogen) atoms. The molecule has 1 unspecified atom stereocenters. The van der Waals surface area contributed by atoms with Gasteiger partial charge in [-0.15, -0.1) is 11.8 Å². The first kappa shape index (κ1) is 11.3. The van der Waals surface area contributed by atoms with Crippen LogP contribution in [0.2, 0.25) is 5.02 Å². The Morgan fingerprint density at radius 3 is 2.93 bits per heavy atom. The Hall–Kier alpha value is -0.740. The van der Waals surface area contributed by atoms with Crippen molar-refractivity contribution in [2.75, 3.05) is 5.75 Å². The van der Waals surface area contributed by atoms with Crippen LogP contribution in [0.4, 0.5) is 0 Å². The van der Waals surface area contributed by atoms with E-state index in [0.29, 0.717) is 10.8 Å². The third-order valence-corrected chi connectivity index (χ3v) is 3.12. The first-order valence-corrected chi connectivity index (χ1v) is 5.48. The summed E-state index contributed by atoms with van der Waals surface area (Å²) in [6.45, 7) is 1.59. The van der Waals surface area contributed by atoms with Crippen molar-refractivity contribution in [3.05, 3.63) is 39.4 Å². The lowest BCUT2D eigenvalue weighted by Crippen LogP contribution is -2.17. The number of halogens is 1. The zero-order valence-corrected chi connectivity index (χ0v) is 9.22. The van der Waals surface area contributed by atoms with Crippen LogP contribution in [-0.4, -0.2) is 16.7 Å². The molecule has 5 heteroatoms. The Morgan fingerprint density at radius 2 is 2.36 bits per heavy atom. The second-order valence-electron chi connectivity index (χ2n) is 2.90. The maximum Gasteiger partial charge on any atom is 0.219 e. The Morgan fingerprint density at radius 1 is 1.64 bits per heavy atom. The van der Waals surface area contributed by atoms with Crippen molar-refractivity contribution in [2.45, 2.75) is 17.9 Å². The normalized spacial score (nSPS) is 12.4. The number of hydrogen-bond acceptors (Lipinski definition) is 3. The maximum atomic E-state index is 10.4. The first-order chi connectivity index (χ1) is 6.59. The summed E-state index contributed by atoms with van der Waals surface area (Å²) in [6.07, 6.45) is 0. The summed E-state index contributed by atoms with van der Waals surface area (Å²) in [4.78, 5) is 11.0. The molecule has 0 radical (unpaired) electrons. The summed E-state index contributed by atoms with van der Waals surface area (Å²) >= 11 is 7.22. The summed E-state index contributed by atoms with van der Waals surface area (Å²) in [5.74, 6) is 0.466. The third kappa shape index (κ3) is 3.55. The van der Waals surface area contributed by atoms with E-state index in [1.54, 1.807) is 19.1 Å². The fourth-order valence-corrected chi connectivity index (χ4v) is 2.03. The van der Waals surface area contributed by atoms with Gasteiger partial charge in [-0.3, -0.25) is 10.1 Å². The van der Waals surface area contributed by atoms with Crippen molar-refractivity contribution < 1.29 is 4.92 Å². The molecule has 0 heterocycles. The van der Waals surface area contributed by atoms with Crippen LogP contribution in [0.5, 0.6) is 0 Å². The molecule has 0 aromatic heterocycles. The van der Waals surface area contributed by atoms with Gasteiger partial charge < -0.3 is 0 Å². The number of thioether (sulfide) groups is 1. The van der Waals surface area contributed by atoms with Crippen molar-refractivity contribution in [1.29, 1.82) is 0 Å². The average Bonchev–Trinajstić information content (AvgIpc) is 2.14. The fourth-order valence-electron chi connectivity index (χ4n) is 0.834. The molecule has 0 fully saturated rings. The van der Waals surface area contributed by atoms with E-state index in [1.165, 1.54) is 11.8 Å². The predicted molar refractivity (Wildman–Crippen MR) is 58.6 cm³/mol. The monoisotopic (exact) mass is 231 g/mol. The molecular weight excluding hydrogens is 222 g/mol. The van der Waals surface area contributed by atoms with Crippen LogP contribution in [0.25, 0.3) is 0 Å². The van der Waals surface area contributed by atoms with E-state index in [4.69, 9.17) is 11.6 Å². The van der Waals surface area contributed by atoms with E-state index in [1.807, 2.05) is 12.1 Å². The van der Waals surface area contributed by atoms with Gasteiger partial charge in [0.05, 0.1) is 5.75 Å². The molecule has 0 saturated carbocycles. The number of hydrogen-bond donors (Lipinski definition) is 0. The van der Waals surface area contributed by atoms with E-state index >= 15 is 0 Å². The highest BCUT2D eigenvalue weighted by Crippen LogP contribution is 2.22. The second-order valence-corrected chi connectivity index (χ2v) is 4.43. The largest absolute Gasteiger partial charge is 0.264 e. The lowest BCUT2D eigenvalue weighted by molar-refractivity contribution is -0.511. The van der Waals surface area contributed by atoms with E-state index in [2.05, 4.69) is 0 Å². The zero-order valence-electron chi connectivity index (χ0n) is 7.64. The topological polar surface area (TPSA) is 43.1 Å². The Labute approximate surface area is 91.6 Å². The summed E-state index contributed by atoms with van der Waals surface area (Å²) in [5, 5.41) is 11.0. The summed E-state index contributed by atoms with van der Waals surface area (Å²) < 4.78 is 0. The van der Waals surface area contributed by atoms with Gasteiger partial charge in [0, 0.05) is 21.8 Å². The van der Waals surface area contributed by atoms with Gasteiger partial charge in [0.1, 0.15) is 0 Å². The highest BCUT2D eigenvalue weighted by atomic mass is 35.5. The van der Waals surface area contributed by atoms with Crippen LogP contribution in [0.15, 0.2) is 29.2 Å². The van der Waals surface area contributed by atoms with Gasteiger partial charge in [0.15, 0.2) is 0 Å². The summed E-state index contributed by atoms with van der Waals surface area (Å²) in [5.41, 5.74) is 0. The van der Waals surface area contributed by atoms with Crippen LogP contribution in [0.3, 0.4) is 0 Å². The van der Waals surface area contributed by atoms with Crippen LogP contribution >= 0.6 is 23.4 Å². The maximum absolute atomic E-state index is 10.4. The molecule has 0 aliphatic rings. The molecule has 3 nitrogen and oxygen atoms in total. The Kier molecular flexibility index (Phi) is 4.22. The molecule has 1 rings (SSSR count). The van der Waals surface area contributed by atoms with Crippen LogP contribution < -0.4 is 0 Å². The van der Waals surface area contributed by atoms with Crippen molar-refractivity contribution in [3.8, 4) is 0 Å². The molecule has 76 valence electrons. The average molecular weight is 232 g/mol.